The number of hydrogen-bond acceptors (Lipinski definition) is 4. The molecule has 1 saturated heterocycles. The summed E-state index contributed by atoms with van der Waals surface area (Å²) in [6.07, 6.45) is 1.12. The van der Waals surface area contributed by atoms with Crippen molar-refractivity contribution in [3.8, 4) is 0 Å². The Hall–Kier alpha value is -0.440. The van der Waals surface area contributed by atoms with Crippen LogP contribution in [0.2, 0.25) is 0 Å². The summed E-state index contributed by atoms with van der Waals surface area (Å²) < 4.78 is 50.4. The molecule has 0 saturated carbocycles. The van der Waals surface area contributed by atoms with Crippen molar-refractivity contribution in [1.82, 2.24) is 4.72 Å². The van der Waals surface area contributed by atoms with Crippen LogP contribution in [0.3, 0.4) is 0 Å². The molecule has 0 aromatic heterocycles. The first-order chi connectivity index (χ1) is 8.81. The first kappa shape index (κ1) is 15.0. The van der Waals surface area contributed by atoms with Gasteiger partial charge in [-0.2, -0.15) is 0 Å². The van der Waals surface area contributed by atoms with Crippen molar-refractivity contribution in [3.63, 3.8) is 0 Å². The van der Waals surface area contributed by atoms with Crippen molar-refractivity contribution in [2.75, 3.05) is 12.3 Å². The number of sulfonamides is 1. The van der Waals surface area contributed by atoms with Gasteiger partial charge in [-0.3, -0.25) is 0 Å². The van der Waals surface area contributed by atoms with Gasteiger partial charge in [0, 0.05) is 11.0 Å². The quantitative estimate of drug-likeness (QED) is 0.869. The highest BCUT2D eigenvalue weighted by atomic mass is 79.9. The highest BCUT2D eigenvalue weighted by Gasteiger charge is 2.32. The van der Waals surface area contributed by atoms with Gasteiger partial charge in [0.2, 0.25) is 10.0 Å². The van der Waals surface area contributed by atoms with Crippen molar-refractivity contribution < 1.29 is 16.8 Å². The van der Waals surface area contributed by atoms with E-state index < -0.39 is 25.1 Å². The predicted octanol–water partition coefficient (Wildman–Crippen LogP) is 1.30. The molecule has 1 fully saturated rings. The summed E-state index contributed by atoms with van der Waals surface area (Å²) in [4.78, 5) is 0.131. The third kappa shape index (κ3) is 3.56. The second kappa shape index (κ2) is 5.51. The van der Waals surface area contributed by atoms with Crippen LogP contribution < -0.4 is 4.72 Å². The van der Waals surface area contributed by atoms with Crippen LogP contribution in [0.25, 0.3) is 0 Å². The van der Waals surface area contributed by atoms with E-state index >= 15 is 0 Å². The summed E-state index contributed by atoms with van der Waals surface area (Å²) in [5.41, 5.74) is 0. The summed E-state index contributed by atoms with van der Waals surface area (Å²) in [5, 5.41) is -0.599. The zero-order chi connectivity index (χ0) is 14.1. The molecule has 0 amide bonds. The highest BCUT2D eigenvalue weighted by molar-refractivity contribution is 9.10. The zero-order valence-electron chi connectivity index (χ0n) is 10.0. The second-order valence-corrected chi connectivity index (χ2v) is 9.52. The second-order valence-electron chi connectivity index (χ2n) is 4.44. The monoisotopic (exact) mass is 367 g/mol. The molecule has 0 radical (unpaired) electrons. The molecule has 2 rings (SSSR count). The largest absolute Gasteiger partial charge is 0.240 e. The van der Waals surface area contributed by atoms with E-state index in [1.807, 2.05) is 0 Å². The minimum absolute atomic E-state index is 0.0548. The predicted molar refractivity (Wildman–Crippen MR) is 76.1 cm³/mol. The zero-order valence-corrected chi connectivity index (χ0v) is 13.3. The van der Waals surface area contributed by atoms with Crippen molar-refractivity contribution in [3.05, 3.63) is 28.7 Å². The minimum atomic E-state index is -3.65. The van der Waals surface area contributed by atoms with E-state index in [0.717, 1.165) is 4.47 Å². The summed E-state index contributed by atoms with van der Waals surface area (Å²) in [6.45, 7) is -0.0548. The number of halogens is 1. The molecular weight excluding hydrogens is 354 g/mol. The van der Waals surface area contributed by atoms with Crippen molar-refractivity contribution >= 4 is 35.8 Å². The van der Waals surface area contributed by atoms with Crippen molar-refractivity contribution in [2.45, 2.75) is 23.0 Å². The number of sulfone groups is 1. The Kier molecular flexibility index (Phi) is 4.34. The highest BCUT2D eigenvalue weighted by Crippen LogP contribution is 2.20. The van der Waals surface area contributed by atoms with Crippen LogP contribution in [0, 0.1) is 0 Å². The van der Waals surface area contributed by atoms with Crippen LogP contribution in [0.4, 0.5) is 0 Å². The van der Waals surface area contributed by atoms with Gasteiger partial charge in [0.05, 0.1) is 15.9 Å². The van der Waals surface area contributed by atoms with Crippen LogP contribution in [0.1, 0.15) is 12.8 Å². The molecule has 8 heteroatoms. The normalized spacial score (nSPS) is 22.5. The number of benzene rings is 1. The molecule has 1 aliphatic heterocycles. The lowest BCUT2D eigenvalue weighted by molar-refractivity contribution is 0.571. The molecule has 1 atom stereocenters. The molecule has 1 aromatic rings. The average Bonchev–Trinajstić information content (AvgIpc) is 2.66. The molecule has 0 bridgehead atoms. The van der Waals surface area contributed by atoms with Crippen LogP contribution in [0.5, 0.6) is 0 Å². The Morgan fingerprint density at radius 1 is 1.26 bits per heavy atom. The first-order valence-electron chi connectivity index (χ1n) is 5.78. The Morgan fingerprint density at radius 2 is 1.89 bits per heavy atom. The van der Waals surface area contributed by atoms with Crippen molar-refractivity contribution in [1.29, 1.82) is 0 Å². The maximum absolute atomic E-state index is 12.0. The summed E-state index contributed by atoms with van der Waals surface area (Å²) in [7, 11) is -6.78. The van der Waals surface area contributed by atoms with Gasteiger partial charge in [0.25, 0.3) is 0 Å². The Labute approximate surface area is 121 Å². The summed E-state index contributed by atoms with van der Waals surface area (Å²) >= 11 is 3.23. The van der Waals surface area contributed by atoms with Gasteiger partial charge < -0.3 is 0 Å². The van der Waals surface area contributed by atoms with E-state index in [4.69, 9.17) is 0 Å². The topological polar surface area (TPSA) is 80.3 Å². The number of nitrogens with one attached hydrogen (secondary N) is 1. The summed E-state index contributed by atoms with van der Waals surface area (Å²) in [6, 6.07) is 6.19. The molecule has 5 nitrogen and oxygen atoms in total. The van der Waals surface area contributed by atoms with E-state index in [2.05, 4.69) is 20.7 Å². The number of hydrogen-bond donors (Lipinski definition) is 1. The van der Waals surface area contributed by atoms with Crippen molar-refractivity contribution in [2.24, 2.45) is 0 Å². The van der Waals surface area contributed by atoms with E-state index in [9.17, 15) is 16.8 Å². The molecule has 1 heterocycles. The summed E-state index contributed by atoms with van der Waals surface area (Å²) in [5.74, 6) is 0.150. The van der Waals surface area contributed by atoms with Gasteiger partial charge in [-0.15, -0.1) is 0 Å². The maximum atomic E-state index is 12.0. The van der Waals surface area contributed by atoms with Crippen LogP contribution in [0.15, 0.2) is 33.6 Å². The standard InChI is InChI=1S/C11H14BrNO4S2/c12-9-3-5-10(6-4-9)19(16,17)13-8-11-2-1-7-18(11,14)15/h3-6,11,13H,1-2,7-8H2. The average molecular weight is 368 g/mol. The van der Waals surface area contributed by atoms with Crippen LogP contribution in [-0.2, 0) is 19.9 Å². The van der Waals surface area contributed by atoms with E-state index in [-0.39, 0.29) is 17.2 Å². The molecule has 106 valence electrons. The molecule has 1 aromatic carbocycles. The van der Waals surface area contributed by atoms with E-state index in [1.165, 1.54) is 12.1 Å². The first-order valence-corrected chi connectivity index (χ1v) is 9.77. The Bertz CT molecular complexity index is 652. The van der Waals surface area contributed by atoms with Gasteiger partial charge in [-0.05, 0) is 37.1 Å². The van der Waals surface area contributed by atoms with Gasteiger partial charge in [0.1, 0.15) is 0 Å². The van der Waals surface area contributed by atoms with Gasteiger partial charge >= 0.3 is 0 Å². The van der Waals surface area contributed by atoms with Gasteiger partial charge in [-0.1, -0.05) is 15.9 Å². The lowest BCUT2D eigenvalue weighted by atomic mass is 10.2. The fourth-order valence-electron chi connectivity index (χ4n) is 1.99. The molecule has 0 aliphatic carbocycles. The fraction of sp³-hybridized carbons (Fsp3) is 0.455. The molecule has 1 aliphatic rings. The molecule has 1 unspecified atom stereocenters. The lowest BCUT2D eigenvalue weighted by Crippen LogP contribution is -2.34. The van der Waals surface area contributed by atoms with Crippen LogP contribution in [-0.4, -0.2) is 34.4 Å². The smallest absolute Gasteiger partial charge is 0.229 e. The molecular formula is C11H14BrNO4S2. The van der Waals surface area contributed by atoms with E-state index in [0.29, 0.717) is 12.8 Å². The molecule has 0 spiro atoms. The fourth-order valence-corrected chi connectivity index (χ4v) is 5.20. The maximum Gasteiger partial charge on any atom is 0.240 e. The third-order valence-electron chi connectivity index (χ3n) is 3.09. The van der Waals surface area contributed by atoms with Crippen LogP contribution >= 0.6 is 15.9 Å². The molecule has 19 heavy (non-hydrogen) atoms. The third-order valence-corrected chi connectivity index (χ3v) is 7.33. The lowest BCUT2D eigenvalue weighted by Gasteiger charge is -2.11. The van der Waals surface area contributed by atoms with E-state index in [1.54, 1.807) is 12.1 Å². The van der Waals surface area contributed by atoms with Gasteiger partial charge in [-0.25, -0.2) is 21.6 Å². The SMILES string of the molecule is O=S(=O)(NCC1CCCS1(=O)=O)c1ccc(Br)cc1. The Morgan fingerprint density at radius 3 is 2.42 bits per heavy atom. The Balaban J connectivity index is 2.08. The number of rotatable bonds is 4. The van der Waals surface area contributed by atoms with Gasteiger partial charge in [0.15, 0.2) is 9.84 Å². The molecule has 1 N–H and O–H groups in total. The minimum Gasteiger partial charge on any atom is -0.229 e.